The number of nitrogens with zero attached hydrogens (tertiary/aromatic N) is 1. The summed E-state index contributed by atoms with van der Waals surface area (Å²) in [4.78, 5) is 4.25. The molecule has 1 heterocycles. The Labute approximate surface area is 135 Å². The van der Waals surface area contributed by atoms with E-state index in [1.54, 1.807) is 12.3 Å². The molecule has 1 aromatic carbocycles. The Bertz CT molecular complexity index is 609. The van der Waals surface area contributed by atoms with Crippen molar-refractivity contribution in [1.29, 1.82) is 0 Å². The molecule has 3 nitrogen and oxygen atoms in total. The molecule has 3 N–H and O–H groups in total. The fraction of sp³-hybridized carbons (Fsp3) is 0.312. The van der Waals surface area contributed by atoms with Crippen molar-refractivity contribution in [2.45, 2.75) is 26.3 Å². The van der Waals surface area contributed by atoms with Crippen molar-refractivity contribution in [1.82, 2.24) is 10.3 Å². The molecule has 112 valence electrons. The Morgan fingerprint density at radius 1 is 1.19 bits per heavy atom. The Balaban J connectivity index is 2.49. The predicted octanol–water partition coefficient (Wildman–Crippen LogP) is 4.37. The molecular formula is C16H19Cl2N3. The number of benzene rings is 1. The van der Waals surface area contributed by atoms with Gasteiger partial charge in [-0.3, -0.25) is 0 Å². The SMILES string of the molecule is CCCNC(c1cc(Cl)cc(Cl)c1)c1cc(C)cnc1N. The third kappa shape index (κ3) is 4.10. The molecule has 0 bridgehead atoms. The molecule has 0 radical (unpaired) electrons. The first-order chi connectivity index (χ1) is 10.0. The average molecular weight is 324 g/mol. The lowest BCUT2D eigenvalue weighted by molar-refractivity contribution is 0.598. The van der Waals surface area contributed by atoms with E-state index in [1.807, 2.05) is 25.1 Å². The Morgan fingerprint density at radius 3 is 2.48 bits per heavy atom. The van der Waals surface area contributed by atoms with Gasteiger partial charge in [0.25, 0.3) is 0 Å². The van der Waals surface area contributed by atoms with Gasteiger partial charge < -0.3 is 11.1 Å². The number of hydrogen-bond donors (Lipinski definition) is 2. The van der Waals surface area contributed by atoms with Crippen molar-refractivity contribution in [2.24, 2.45) is 0 Å². The summed E-state index contributed by atoms with van der Waals surface area (Å²) in [5.41, 5.74) is 9.06. The molecule has 1 unspecified atom stereocenters. The zero-order valence-electron chi connectivity index (χ0n) is 12.2. The molecule has 1 atom stereocenters. The maximum atomic E-state index is 6.13. The standard InChI is InChI=1S/C16H19Cl2N3/c1-3-4-20-15(11-6-12(17)8-13(18)7-11)14-5-10(2)9-21-16(14)19/h5-9,15,20H,3-4H2,1-2H3,(H2,19,21). The molecule has 0 saturated heterocycles. The molecule has 21 heavy (non-hydrogen) atoms. The van der Waals surface area contributed by atoms with Gasteiger partial charge in [-0.05, 0) is 55.3 Å². The van der Waals surface area contributed by atoms with Crippen molar-refractivity contribution in [3.63, 3.8) is 0 Å². The molecule has 0 saturated carbocycles. The normalized spacial score (nSPS) is 12.4. The highest BCUT2D eigenvalue weighted by Crippen LogP contribution is 2.30. The molecule has 0 aliphatic carbocycles. The van der Waals surface area contributed by atoms with Crippen LogP contribution in [0.1, 0.15) is 36.1 Å². The van der Waals surface area contributed by atoms with Crippen LogP contribution in [0.3, 0.4) is 0 Å². The molecule has 0 aliphatic rings. The van der Waals surface area contributed by atoms with Crippen LogP contribution in [0.15, 0.2) is 30.5 Å². The number of aryl methyl sites for hydroxylation is 1. The van der Waals surface area contributed by atoms with Crippen molar-refractivity contribution in [2.75, 3.05) is 12.3 Å². The Hall–Kier alpha value is -1.29. The van der Waals surface area contributed by atoms with Crippen LogP contribution in [0.5, 0.6) is 0 Å². The number of nitrogen functional groups attached to an aromatic ring is 1. The first kappa shape index (κ1) is 16.1. The summed E-state index contributed by atoms with van der Waals surface area (Å²) in [5, 5.41) is 4.71. The Morgan fingerprint density at radius 2 is 1.86 bits per heavy atom. The quantitative estimate of drug-likeness (QED) is 0.859. The van der Waals surface area contributed by atoms with Crippen molar-refractivity contribution >= 4 is 29.0 Å². The van der Waals surface area contributed by atoms with Gasteiger partial charge in [0.05, 0.1) is 6.04 Å². The minimum Gasteiger partial charge on any atom is -0.383 e. The highest BCUT2D eigenvalue weighted by Gasteiger charge is 2.18. The number of aromatic nitrogens is 1. The van der Waals surface area contributed by atoms with Gasteiger partial charge in [-0.25, -0.2) is 4.98 Å². The number of rotatable bonds is 5. The van der Waals surface area contributed by atoms with Crippen molar-refractivity contribution in [3.8, 4) is 0 Å². The molecule has 0 fully saturated rings. The molecule has 0 aliphatic heterocycles. The number of halogens is 2. The number of anilines is 1. The van der Waals surface area contributed by atoms with Gasteiger partial charge >= 0.3 is 0 Å². The summed E-state index contributed by atoms with van der Waals surface area (Å²) in [6.45, 7) is 4.98. The monoisotopic (exact) mass is 323 g/mol. The number of nitrogens with two attached hydrogens (primary N) is 1. The maximum Gasteiger partial charge on any atom is 0.128 e. The van der Waals surface area contributed by atoms with E-state index in [4.69, 9.17) is 28.9 Å². The fourth-order valence-electron chi connectivity index (χ4n) is 2.27. The summed E-state index contributed by atoms with van der Waals surface area (Å²) >= 11 is 12.3. The largest absolute Gasteiger partial charge is 0.383 e. The third-order valence-corrected chi connectivity index (χ3v) is 3.65. The van der Waals surface area contributed by atoms with E-state index in [9.17, 15) is 0 Å². The van der Waals surface area contributed by atoms with Gasteiger partial charge in [-0.15, -0.1) is 0 Å². The van der Waals surface area contributed by atoms with Gasteiger partial charge in [-0.1, -0.05) is 30.1 Å². The van der Waals surface area contributed by atoms with Gasteiger partial charge in [0.15, 0.2) is 0 Å². The van der Waals surface area contributed by atoms with E-state index in [2.05, 4.69) is 17.2 Å². The number of pyridine rings is 1. The Kier molecular flexibility index (Phi) is 5.45. The van der Waals surface area contributed by atoms with Gasteiger partial charge in [0, 0.05) is 21.8 Å². The summed E-state index contributed by atoms with van der Waals surface area (Å²) in [6.07, 6.45) is 2.78. The first-order valence-electron chi connectivity index (χ1n) is 6.92. The summed E-state index contributed by atoms with van der Waals surface area (Å²) in [6, 6.07) is 7.50. The third-order valence-electron chi connectivity index (χ3n) is 3.21. The van der Waals surface area contributed by atoms with Crippen LogP contribution in [-0.2, 0) is 0 Å². The van der Waals surface area contributed by atoms with Crippen LogP contribution < -0.4 is 11.1 Å². The second kappa shape index (κ2) is 7.12. The van der Waals surface area contributed by atoms with Crippen molar-refractivity contribution < 1.29 is 0 Å². The van der Waals surface area contributed by atoms with Crippen LogP contribution in [0.4, 0.5) is 5.82 Å². The highest BCUT2D eigenvalue weighted by atomic mass is 35.5. The van der Waals surface area contributed by atoms with Crippen molar-refractivity contribution in [3.05, 3.63) is 57.2 Å². The van der Waals surface area contributed by atoms with E-state index in [1.165, 1.54) is 0 Å². The molecule has 5 heteroatoms. The second-order valence-corrected chi connectivity index (χ2v) is 5.95. The fourth-order valence-corrected chi connectivity index (χ4v) is 2.81. The molecule has 2 aromatic rings. The number of nitrogens with one attached hydrogen (secondary N) is 1. The molecule has 0 amide bonds. The lowest BCUT2D eigenvalue weighted by Crippen LogP contribution is -2.24. The van der Waals surface area contributed by atoms with Crippen LogP contribution in [0.25, 0.3) is 0 Å². The molecule has 1 aromatic heterocycles. The van der Waals surface area contributed by atoms with Gasteiger partial charge in [0.2, 0.25) is 0 Å². The van der Waals surface area contributed by atoms with E-state index in [0.717, 1.165) is 29.7 Å². The van der Waals surface area contributed by atoms with E-state index < -0.39 is 0 Å². The molecular weight excluding hydrogens is 305 g/mol. The van der Waals surface area contributed by atoms with Crippen LogP contribution in [0, 0.1) is 6.92 Å². The van der Waals surface area contributed by atoms with Crippen LogP contribution in [0.2, 0.25) is 10.0 Å². The van der Waals surface area contributed by atoms with E-state index in [0.29, 0.717) is 15.9 Å². The van der Waals surface area contributed by atoms with E-state index in [-0.39, 0.29) is 6.04 Å². The predicted molar refractivity (Wildman–Crippen MR) is 90.0 cm³/mol. The topological polar surface area (TPSA) is 50.9 Å². The highest BCUT2D eigenvalue weighted by molar-refractivity contribution is 6.34. The van der Waals surface area contributed by atoms with Gasteiger partial charge in [-0.2, -0.15) is 0 Å². The number of hydrogen-bond acceptors (Lipinski definition) is 3. The summed E-state index contributed by atoms with van der Waals surface area (Å²) < 4.78 is 0. The van der Waals surface area contributed by atoms with Crippen LogP contribution in [-0.4, -0.2) is 11.5 Å². The van der Waals surface area contributed by atoms with E-state index >= 15 is 0 Å². The van der Waals surface area contributed by atoms with Crippen LogP contribution >= 0.6 is 23.2 Å². The lowest BCUT2D eigenvalue weighted by atomic mass is 9.98. The summed E-state index contributed by atoms with van der Waals surface area (Å²) in [5.74, 6) is 0.519. The zero-order chi connectivity index (χ0) is 15.4. The van der Waals surface area contributed by atoms with Gasteiger partial charge in [0.1, 0.15) is 5.82 Å². The minimum atomic E-state index is -0.0754. The summed E-state index contributed by atoms with van der Waals surface area (Å²) in [7, 11) is 0. The smallest absolute Gasteiger partial charge is 0.128 e. The average Bonchev–Trinajstić information content (AvgIpc) is 2.42. The lowest BCUT2D eigenvalue weighted by Gasteiger charge is -2.21. The molecule has 2 rings (SSSR count). The minimum absolute atomic E-state index is 0.0754. The zero-order valence-corrected chi connectivity index (χ0v) is 13.7. The second-order valence-electron chi connectivity index (χ2n) is 5.08. The molecule has 0 spiro atoms. The maximum absolute atomic E-state index is 6.13. The first-order valence-corrected chi connectivity index (χ1v) is 7.68.